The average molecular weight is 584 g/mol. The molecule has 0 radical (unpaired) electrons. The lowest BCUT2D eigenvalue weighted by molar-refractivity contribution is -0.120. The van der Waals surface area contributed by atoms with E-state index in [1.807, 2.05) is 24.3 Å². The van der Waals surface area contributed by atoms with Gasteiger partial charge in [0.2, 0.25) is 0 Å². The molecule has 1 aromatic heterocycles. The number of carbonyl (C=O) groups is 3. The van der Waals surface area contributed by atoms with Gasteiger partial charge in [0.25, 0.3) is 17.7 Å². The molecule has 0 saturated carbocycles. The Balaban J connectivity index is 1.50. The normalized spacial score (nSPS) is 13.1. The molecule has 2 N–H and O–H groups in total. The van der Waals surface area contributed by atoms with Crippen molar-refractivity contribution in [1.29, 1.82) is 0 Å². The molecule has 0 bridgehead atoms. The second-order valence-corrected chi connectivity index (χ2v) is 10.7. The summed E-state index contributed by atoms with van der Waals surface area (Å²) in [6.45, 7) is 4.20. The van der Waals surface area contributed by atoms with Gasteiger partial charge in [0.1, 0.15) is 22.1 Å². The lowest BCUT2D eigenvalue weighted by Gasteiger charge is -2.19. The van der Waals surface area contributed by atoms with E-state index in [1.165, 1.54) is 20.5 Å². The molecule has 1 aliphatic heterocycles. The van der Waals surface area contributed by atoms with Crippen molar-refractivity contribution in [1.82, 2.24) is 0 Å². The number of benzene rings is 3. The minimum absolute atomic E-state index is 0.130. The summed E-state index contributed by atoms with van der Waals surface area (Å²) in [5.41, 5.74) is 2.74. The molecule has 10 heteroatoms. The Kier molecular flexibility index (Phi) is 8.35. The van der Waals surface area contributed by atoms with E-state index < -0.39 is 17.7 Å². The van der Waals surface area contributed by atoms with Gasteiger partial charge in [-0.15, -0.1) is 0 Å². The van der Waals surface area contributed by atoms with E-state index in [1.54, 1.807) is 54.6 Å². The van der Waals surface area contributed by atoms with Crippen molar-refractivity contribution in [3.05, 3.63) is 107 Å². The van der Waals surface area contributed by atoms with Crippen LogP contribution in [0.5, 0.6) is 11.5 Å². The molecule has 4 aromatic rings. The van der Waals surface area contributed by atoms with Gasteiger partial charge >= 0.3 is 0 Å². The number of hydrogen-bond acceptors (Lipinski definition) is 8. The summed E-state index contributed by atoms with van der Waals surface area (Å²) in [5.74, 6) is -0.0942. The van der Waals surface area contributed by atoms with Gasteiger partial charge < -0.3 is 24.5 Å². The standard InChI is InChI=1S/C32H29N3O6S/c1-19(2)20-10-12-21(13-11-20)33-28-29(32(38)35(31(28)37)25-15-14-23(39-3)18-27(25)40-4)42-24-8-5-7-22(17-24)34-30(36)26-9-6-16-41-26/h5-19,33H,1-4H3,(H,34,36). The molecule has 214 valence electrons. The monoisotopic (exact) mass is 583 g/mol. The minimum atomic E-state index is -0.527. The number of carbonyl (C=O) groups excluding carboxylic acids is 3. The fraction of sp³-hybridized carbons (Fsp3) is 0.156. The lowest BCUT2D eigenvalue weighted by Crippen LogP contribution is -2.32. The largest absolute Gasteiger partial charge is 0.497 e. The summed E-state index contributed by atoms with van der Waals surface area (Å²) in [5, 5.41) is 5.97. The molecule has 0 spiro atoms. The first kappa shape index (κ1) is 28.6. The van der Waals surface area contributed by atoms with Crippen LogP contribution in [-0.2, 0) is 9.59 Å². The van der Waals surface area contributed by atoms with Gasteiger partial charge in [-0.2, -0.15) is 0 Å². The average Bonchev–Trinajstić information content (AvgIpc) is 3.61. The highest BCUT2D eigenvalue weighted by molar-refractivity contribution is 8.04. The molecule has 0 atom stereocenters. The van der Waals surface area contributed by atoms with Crippen LogP contribution >= 0.6 is 11.8 Å². The topological polar surface area (TPSA) is 110 Å². The van der Waals surface area contributed by atoms with Crippen LogP contribution in [0.4, 0.5) is 17.1 Å². The van der Waals surface area contributed by atoms with Crippen molar-refractivity contribution in [2.45, 2.75) is 24.7 Å². The van der Waals surface area contributed by atoms with Crippen LogP contribution in [-0.4, -0.2) is 31.9 Å². The molecule has 3 aromatic carbocycles. The van der Waals surface area contributed by atoms with Gasteiger partial charge in [0.15, 0.2) is 5.76 Å². The van der Waals surface area contributed by atoms with Gasteiger partial charge in [-0.3, -0.25) is 14.4 Å². The number of thioether (sulfide) groups is 1. The van der Waals surface area contributed by atoms with Crippen LogP contribution in [0.2, 0.25) is 0 Å². The summed E-state index contributed by atoms with van der Waals surface area (Å²) >= 11 is 1.12. The Morgan fingerprint density at radius 3 is 2.33 bits per heavy atom. The second-order valence-electron chi connectivity index (χ2n) is 9.65. The number of methoxy groups -OCH3 is 2. The van der Waals surface area contributed by atoms with E-state index >= 15 is 0 Å². The first-order valence-corrected chi connectivity index (χ1v) is 14.0. The summed E-state index contributed by atoms with van der Waals surface area (Å²) < 4.78 is 16.0. The van der Waals surface area contributed by atoms with Crippen LogP contribution < -0.4 is 25.0 Å². The van der Waals surface area contributed by atoms with Crippen molar-refractivity contribution in [2.24, 2.45) is 0 Å². The maximum Gasteiger partial charge on any atom is 0.291 e. The number of anilines is 3. The zero-order chi connectivity index (χ0) is 29.8. The van der Waals surface area contributed by atoms with Crippen LogP contribution in [0, 0.1) is 0 Å². The Labute approximate surface area is 247 Å². The number of amides is 3. The highest BCUT2D eigenvalue weighted by Gasteiger charge is 2.41. The highest BCUT2D eigenvalue weighted by atomic mass is 32.2. The lowest BCUT2D eigenvalue weighted by atomic mass is 10.0. The summed E-state index contributed by atoms with van der Waals surface area (Å²) in [4.78, 5) is 42.2. The minimum Gasteiger partial charge on any atom is -0.497 e. The first-order chi connectivity index (χ1) is 20.3. The predicted molar refractivity (Wildman–Crippen MR) is 162 cm³/mol. The second kappa shape index (κ2) is 12.3. The summed E-state index contributed by atoms with van der Waals surface area (Å²) in [7, 11) is 2.99. The van der Waals surface area contributed by atoms with E-state index in [4.69, 9.17) is 13.9 Å². The predicted octanol–water partition coefficient (Wildman–Crippen LogP) is 6.66. The quantitative estimate of drug-likeness (QED) is 0.200. The third-order valence-corrected chi connectivity index (χ3v) is 7.65. The van der Waals surface area contributed by atoms with Gasteiger partial charge in [-0.1, -0.05) is 43.8 Å². The van der Waals surface area contributed by atoms with Gasteiger partial charge in [-0.25, -0.2) is 4.90 Å². The highest BCUT2D eigenvalue weighted by Crippen LogP contribution is 2.42. The number of furan rings is 1. The number of imide groups is 1. The fourth-order valence-electron chi connectivity index (χ4n) is 4.35. The molecule has 1 aliphatic rings. The Hall–Kier alpha value is -4.96. The van der Waals surface area contributed by atoms with Crippen LogP contribution in [0.1, 0.15) is 35.9 Å². The van der Waals surface area contributed by atoms with Crippen LogP contribution in [0.15, 0.2) is 105 Å². The van der Waals surface area contributed by atoms with E-state index in [-0.39, 0.29) is 22.0 Å². The number of rotatable bonds is 10. The zero-order valence-electron chi connectivity index (χ0n) is 23.5. The molecular weight excluding hydrogens is 554 g/mol. The van der Waals surface area contributed by atoms with Gasteiger partial charge in [0, 0.05) is 22.3 Å². The van der Waals surface area contributed by atoms with Crippen molar-refractivity contribution in [3.63, 3.8) is 0 Å². The van der Waals surface area contributed by atoms with E-state index in [0.717, 1.165) is 22.2 Å². The number of nitrogens with zero attached hydrogens (tertiary/aromatic N) is 1. The molecule has 2 heterocycles. The third-order valence-electron chi connectivity index (χ3n) is 6.57. The Morgan fingerprint density at radius 2 is 1.67 bits per heavy atom. The molecule has 5 rings (SSSR count). The molecule has 0 unspecified atom stereocenters. The molecular formula is C32H29N3O6S. The van der Waals surface area contributed by atoms with Gasteiger partial charge in [-0.05, 0) is 66.1 Å². The Morgan fingerprint density at radius 1 is 0.881 bits per heavy atom. The SMILES string of the molecule is COc1ccc(N2C(=O)C(Nc3ccc(C(C)C)cc3)=C(Sc3cccc(NC(=O)c4ccco4)c3)C2=O)c(OC)c1. The molecule has 3 amide bonds. The maximum absolute atomic E-state index is 13.9. The molecule has 42 heavy (non-hydrogen) atoms. The summed E-state index contributed by atoms with van der Waals surface area (Å²) in [6, 6.07) is 22.8. The van der Waals surface area contributed by atoms with Crippen molar-refractivity contribution < 1.29 is 28.3 Å². The zero-order valence-corrected chi connectivity index (χ0v) is 24.3. The molecule has 0 saturated heterocycles. The molecule has 9 nitrogen and oxygen atoms in total. The smallest absolute Gasteiger partial charge is 0.291 e. The Bertz CT molecular complexity index is 1660. The number of hydrogen-bond donors (Lipinski definition) is 2. The fourth-order valence-corrected chi connectivity index (χ4v) is 5.34. The van der Waals surface area contributed by atoms with Crippen LogP contribution in [0.3, 0.4) is 0 Å². The van der Waals surface area contributed by atoms with E-state index in [0.29, 0.717) is 33.7 Å². The van der Waals surface area contributed by atoms with E-state index in [9.17, 15) is 14.4 Å². The van der Waals surface area contributed by atoms with E-state index in [2.05, 4.69) is 24.5 Å². The number of nitrogens with one attached hydrogen (secondary N) is 2. The third kappa shape index (κ3) is 5.89. The molecule has 0 fully saturated rings. The number of ether oxygens (including phenoxy) is 2. The maximum atomic E-state index is 13.9. The van der Waals surface area contributed by atoms with Crippen LogP contribution in [0.25, 0.3) is 0 Å². The van der Waals surface area contributed by atoms with Crippen molar-refractivity contribution in [2.75, 3.05) is 29.8 Å². The molecule has 0 aliphatic carbocycles. The van der Waals surface area contributed by atoms with Gasteiger partial charge in [0.05, 0.1) is 26.2 Å². The first-order valence-electron chi connectivity index (χ1n) is 13.1. The van der Waals surface area contributed by atoms with Crippen molar-refractivity contribution >= 4 is 46.5 Å². The summed E-state index contributed by atoms with van der Waals surface area (Å²) in [6.07, 6.45) is 1.42. The van der Waals surface area contributed by atoms with Crippen molar-refractivity contribution in [3.8, 4) is 11.5 Å².